The normalized spacial score (nSPS) is 23.3. The minimum absolute atomic E-state index is 0.0327. The molecule has 0 radical (unpaired) electrons. The summed E-state index contributed by atoms with van der Waals surface area (Å²) in [4.78, 5) is 28.5. The summed E-state index contributed by atoms with van der Waals surface area (Å²) in [5.74, 6) is 0.972. The van der Waals surface area contributed by atoms with Crippen molar-refractivity contribution in [2.24, 2.45) is 5.41 Å². The molecule has 0 unspecified atom stereocenters. The number of halogens is 1. The highest BCUT2D eigenvalue weighted by Gasteiger charge is 2.39. The van der Waals surface area contributed by atoms with Crippen LogP contribution in [0.1, 0.15) is 51.6 Å². The zero-order valence-electron chi connectivity index (χ0n) is 15.0. The Labute approximate surface area is 158 Å². The summed E-state index contributed by atoms with van der Waals surface area (Å²) >= 11 is 7.94. The van der Waals surface area contributed by atoms with Gasteiger partial charge in [0.2, 0.25) is 11.8 Å². The lowest BCUT2D eigenvalue weighted by molar-refractivity contribution is -0.144. The molecule has 1 fully saturated rings. The van der Waals surface area contributed by atoms with Crippen molar-refractivity contribution in [3.63, 3.8) is 0 Å². The molecule has 136 valence electrons. The first-order valence-corrected chi connectivity index (χ1v) is 10.2. The Balaban J connectivity index is 1.75. The molecule has 0 saturated carbocycles. The third kappa shape index (κ3) is 3.98. The molecule has 2 aliphatic rings. The van der Waals surface area contributed by atoms with Gasteiger partial charge in [-0.15, -0.1) is 11.8 Å². The number of nitrogens with one attached hydrogen (secondary N) is 1. The van der Waals surface area contributed by atoms with Gasteiger partial charge in [-0.05, 0) is 43.0 Å². The number of hydrogen-bond acceptors (Lipinski definition) is 3. The summed E-state index contributed by atoms with van der Waals surface area (Å²) in [6.45, 7) is 6.37. The molecule has 2 heterocycles. The van der Waals surface area contributed by atoms with Crippen molar-refractivity contribution in [3.8, 4) is 0 Å². The van der Waals surface area contributed by atoms with E-state index in [-0.39, 0.29) is 23.9 Å². The average Bonchev–Trinajstić information content (AvgIpc) is 3.03. The van der Waals surface area contributed by atoms with E-state index in [1.54, 1.807) is 16.7 Å². The number of amides is 2. The van der Waals surface area contributed by atoms with Crippen LogP contribution in [0.5, 0.6) is 0 Å². The van der Waals surface area contributed by atoms with E-state index in [4.69, 9.17) is 11.6 Å². The minimum atomic E-state index is -0.468. The van der Waals surface area contributed by atoms with E-state index in [1.165, 1.54) is 4.90 Å². The van der Waals surface area contributed by atoms with Crippen LogP contribution in [-0.4, -0.2) is 35.1 Å². The van der Waals surface area contributed by atoms with E-state index in [0.29, 0.717) is 11.6 Å². The SMILES string of the molecule is CC(C)(C)C(=O)N1CCC[C@H]1C(=O)N[C@@H]1CCSc2ccc(Cl)cc21. The number of nitrogens with zero attached hydrogens (tertiary/aromatic N) is 1. The van der Waals surface area contributed by atoms with Crippen LogP contribution < -0.4 is 5.32 Å². The summed E-state index contributed by atoms with van der Waals surface area (Å²) in [6.07, 6.45) is 2.49. The van der Waals surface area contributed by atoms with Gasteiger partial charge in [-0.3, -0.25) is 9.59 Å². The third-order valence-electron chi connectivity index (χ3n) is 4.79. The maximum atomic E-state index is 12.9. The van der Waals surface area contributed by atoms with E-state index >= 15 is 0 Å². The molecular formula is C19H25ClN2O2S. The molecular weight excluding hydrogens is 356 g/mol. The highest BCUT2D eigenvalue weighted by molar-refractivity contribution is 7.99. The molecule has 0 bridgehead atoms. The van der Waals surface area contributed by atoms with Crippen LogP contribution in [0.15, 0.2) is 23.1 Å². The summed E-state index contributed by atoms with van der Waals surface area (Å²) in [7, 11) is 0. The van der Waals surface area contributed by atoms with Gasteiger partial charge < -0.3 is 10.2 Å². The predicted molar refractivity (Wildman–Crippen MR) is 102 cm³/mol. The third-order valence-corrected chi connectivity index (χ3v) is 6.14. The van der Waals surface area contributed by atoms with Gasteiger partial charge in [0, 0.05) is 27.6 Å². The molecule has 6 heteroatoms. The van der Waals surface area contributed by atoms with E-state index < -0.39 is 5.41 Å². The van der Waals surface area contributed by atoms with Crippen LogP contribution in [0.2, 0.25) is 5.02 Å². The number of rotatable bonds is 2. The number of hydrogen-bond donors (Lipinski definition) is 1. The smallest absolute Gasteiger partial charge is 0.243 e. The molecule has 0 aliphatic carbocycles. The Morgan fingerprint density at radius 1 is 1.28 bits per heavy atom. The average molecular weight is 381 g/mol. The first kappa shape index (κ1) is 18.6. The lowest BCUT2D eigenvalue weighted by Gasteiger charge is -2.32. The Morgan fingerprint density at radius 3 is 2.76 bits per heavy atom. The molecule has 2 aliphatic heterocycles. The maximum Gasteiger partial charge on any atom is 0.243 e. The molecule has 2 amide bonds. The minimum Gasteiger partial charge on any atom is -0.347 e. The van der Waals surface area contributed by atoms with Gasteiger partial charge in [-0.25, -0.2) is 0 Å². The van der Waals surface area contributed by atoms with Gasteiger partial charge in [0.15, 0.2) is 0 Å². The molecule has 2 atom stereocenters. The zero-order valence-corrected chi connectivity index (χ0v) is 16.5. The molecule has 1 saturated heterocycles. The Morgan fingerprint density at radius 2 is 2.04 bits per heavy atom. The van der Waals surface area contributed by atoms with Gasteiger partial charge in [-0.1, -0.05) is 32.4 Å². The second-order valence-corrected chi connectivity index (χ2v) is 9.36. The first-order valence-electron chi connectivity index (χ1n) is 8.81. The van der Waals surface area contributed by atoms with E-state index in [2.05, 4.69) is 5.32 Å². The van der Waals surface area contributed by atoms with Crippen molar-refractivity contribution in [1.82, 2.24) is 10.2 Å². The monoisotopic (exact) mass is 380 g/mol. The van der Waals surface area contributed by atoms with Crippen LogP contribution in [-0.2, 0) is 9.59 Å². The number of thioether (sulfide) groups is 1. The zero-order chi connectivity index (χ0) is 18.2. The van der Waals surface area contributed by atoms with Gasteiger partial charge in [0.25, 0.3) is 0 Å². The second-order valence-electron chi connectivity index (χ2n) is 7.79. The van der Waals surface area contributed by atoms with Crippen molar-refractivity contribution in [3.05, 3.63) is 28.8 Å². The molecule has 4 nitrogen and oxygen atoms in total. The van der Waals surface area contributed by atoms with Crippen molar-refractivity contribution < 1.29 is 9.59 Å². The highest BCUT2D eigenvalue weighted by atomic mass is 35.5. The summed E-state index contributed by atoms with van der Waals surface area (Å²) in [5.41, 5.74) is 0.619. The number of fused-ring (bicyclic) bond motifs is 1. The topological polar surface area (TPSA) is 49.4 Å². The first-order chi connectivity index (χ1) is 11.8. The van der Waals surface area contributed by atoms with Crippen molar-refractivity contribution in [2.45, 2.75) is 57.0 Å². The number of likely N-dealkylation sites (tertiary alicyclic amines) is 1. The van der Waals surface area contributed by atoms with Crippen LogP contribution >= 0.6 is 23.4 Å². The number of carbonyl (C=O) groups excluding carboxylic acids is 2. The fourth-order valence-electron chi connectivity index (χ4n) is 3.50. The van der Waals surface area contributed by atoms with Gasteiger partial charge >= 0.3 is 0 Å². The molecule has 0 aromatic heterocycles. The summed E-state index contributed by atoms with van der Waals surface area (Å²) in [6, 6.07) is 5.46. The number of benzene rings is 1. The highest BCUT2D eigenvalue weighted by Crippen LogP contribution is 2.38. The summed E-state index contributed by atoms with van der Waals surface area (Å²) in [5, 5.41) is 3.86. The molecule has 25 heavy (non-hydrogen) atoms. The Hall–Kier alpha value is -1.20. The standard InChI is InChI=1S/C19H25ClN2O2S/c1-19(2,3)18(24)22-9-4-5-15(22)17(23)21-14-8-10-25-16-7-6-12(20)11-13(14)16/h6-7,11,14-15H,4-5,8-10H2,1-3H3,(H,21,23)/t14-,15+/m1/s1. The van der Waals surface area contributed by atoms with Gasteiger partial charge in [0.05, 0.1) is 6.04 Å². The lowest BCUT2D eigenvalue weighted by Crippen LogP contribution is -2.50. The van der Waals surface area contributed by atoms with Crippen LogP contribution in [0, 0.1) is 5.41 Å². The van der Waals surface area contributed by atoms with Gasteiger partial charge in [0.1, 0.15) is 6.04 Å². The largest absolute Gasteiger partial charge is 0.347 e. The molecule has 1 aromatic carbocycles. The second kappa shape index (κ2) is 7.20. The van der Waals surface area contributed by atoms with Crippen LogP contribution in [0.4, 0.5) is 0 Å². The van der Waals surface area contributed by atoms with Crippen molar-refractivity contribution >= 4 is 35.2 Å². The Bertz CT molecular complexity index is 686. The molecule has 1 N–H and O–H groups in total. The molecule has 1 aromatic rings. The lowest BCUT2D eigenvalue weighted by atomic mass is 9.94. The van der Waals surface area contributed by atoms with E-state index in [0.717, 1.165) is 30.6 Å². The number of carbonyl (C=O) groups is 2. The predicted octanol–water partition coefficient (Wildman–Crippen LogP) is 4.03. The van der Waals surface area contributed by atoms with Crippen molar-refractivity contribution in [2.75, 3.05) is 12.3 Å². The van der Waals surface area contributed by atoms with E-state index in [1.807, 2.05) is 39.0 Å². The van der Waals surface area contributed by atoms with Crippen molar-refractivity contribution in [1.29, 1.82) is 0 Å². The maximum absolute atomic E-state index is 12.9. The van der Waals surface area contributed by atoms with Gasteiger partial charge in [-0.2, -0.15) is 0 Å². The quantitative estimate of drug-likeness (QED) is 0.842. The Kier molecular flexibility index (Phi) is 5.35. The summed E-state index contributed by atoms with van der Waals surface area (Å²) < 4.78 is 0. The van der Waals surface area contributed by atoms with E-state index in [9.17, 15) is 9.59 Å². The molecule has 3 rings (SSSR count). The van der Waals surface area contributed by atoms with Crippen LogP contribution in [0.25, 0.3) is 0 Å². The fraction of sp³-hybridized carbons (Fsp3) is 0.579. The molecule has 0 spiro atoms. The van der Waals surface area contributed by atoms with Crippen LogP contribution in [0.3, 0.4) is 0 Å². The fourth-order valence-corrected chi connectivity index (χ4v) is 4.78.